The van der Waals surface area contributed by atoms with Crippen LogP contribution in [0.15, 0.2) is 42.7 Å². The largest absolute Gasteiger partial charge is 0.327 e. The first-order valence-corrected chi connectivity index (χ1v) is 8.34. The van der Waals surface area contributed by atoms with Crippen LogP contribution in [0.4, 0.5) is 5.95 Å². The quantitative estimate of drug-likeness (QED) is 0.893. The van der Waals surface area contributed by atoms with Crippen LogP contribution < -0.4 is 11.1 Å². The Morgan fingerprint density at radius 1 is 1.25 bits per heavy atom. The predicted octanol–water partition coefficient (Wildman–Crippen LogP) is 2.67. The van der Waals surface area contributed by atoms with Gasteiger partial charge in [-0.1, -0.05) is 30.3 Å². The van der Waals surface area contributed by atoms with Crippen molar-refractivity contribution in [3.8, 4) is 0 Å². The van der Waals surface area contributed by atoms with Gasteiger partial charge in [-0.2, -0.15) is 0 Å². The lowest BCUT2D eigenvalue weighted by atomic mass is 9.84. The van der Waals surface area contributed by atoms with Gasteiger partial charge in [-0.05, 0) is 36.7 Å². The molecule has 0 aliphatic heterocycles. The Kier molecular flexibility index (Phi) is 4.92. The molecule has 1 aromatic heterocycles. The van der Waals surface area contributed by atoms with Crippen LogP contribution in [0.25, 0.3) is 0 Å². The fourth-order valence-corrected chi connectivity index (χ4v) is 4.26. The fraction of sp³-hybridized carbons (Fsp3) is 0.444. The highest BCUT2D eigenvalue weighted by Gasteiger charge is 2.49. The van der Waals surface area contributed by atoms with Crippen molar-refractivity contribution in [1.29, 1.82) is 0 Å². The van der Waals surface area contributed by atoms with Gasteiger partial charge >= 0.3 is 0 Å². The van der Waals surface area contributed by atoms with E-state index in [9.17, 15) is 4.79 Å². The van der Waals surface area contributed by atoms with Crippen molar-refractivity contribution >= 4 is 24.3 Å². The molecule has 24 heavy (non-hydrogen) atoms. The van der Waals surface area contributed by atoms with E-state index >= 15 is 0 Å². The van der Waals surface area contributed by atoms with E-state index in [-0.39, 0.29) is 30.3 Å². The zero-order valence-corrected chi connectivity index (χ0v) is 14.3. The predicted molar refractivity (Wildman–Crippen MR) is 95.9 cm³/mol. The van der Waals surface area contributed by atoms with Crippen molar-refractivity contribution in [2.75, 3.05) is 5.32 Å². The molecule has 5 nitrogen and oxygen atoms in total. The molecule has 2 aromatic rings. The van der Waals surface area contributed by atoms with Crippen molar-refractivity contribution in [3.05, 3.63) is 48.3 Å². The minimum Gasteiger partial charge on any atom is -0.327 e. The molecule has 1 aromatic carbocycles. The molecule has 2 bridgehead atoms. The lowest BCUT2D eigenvalue weighted by molar-refractivity contribution is -0.121. The average Bonchev–Trinajstić information content (AvgIpc) is 3.25. The summed E-state index contributed by atoms with van der Waals surface area (Å²) < 4.78 is 1.96. The highest BCUT2D eigenvalue weighted by atomic mass is 35.5. The first-order valence-electron chi connectivity index (χ1n) is 8.34. The van der Waals surface area contributed by atoms with Gasteiger partial charge in [0.05, 0.1) is 12.5 Å². The molecule has 3 N–H and O–H groups in total. The lowest BCUT2D eigenvalue weighted by Crippen LogP contribution is -2.43. The number of amides is 1. The number of carbonyl (C=O) groups is 1. The topological polar surface area (TPSA) is 72.9 Å². The monoisotopic (exact) mass is 346 g/mol. The second-order valence-electron chi connectivity index (χ2n) is 6.79. The van der Waals surface area contributed by atoms with E-state index in [1.54, 1.807) is 6.20 Å². The van der Waals surface area contributed by atoms with Gasteiger partial charge in [0.1, 0.15) is 0 Å². The van der Waals surface area contributed by atoms with Gasteiger partial charge in [0.15, 0.2) is 0 Å². The van der Waals surface area contributed by atoms with E-state index < -0.39 is 0 Å². The van der Waals surface area contributed by atoms with Crippen LogP contribution in [0.5, 0.6) is 0 Å². The Morgan fingerprint density at radius 2 is 2.00 bits per heavy atom. The third-order valence-electron chi connectivity index (χ3n) is 5.43. The Hall–Kier alpha value is -1.85. The van der Waals surface area contributed by atoms with E-state index in [1.165, 1.54) is 12.0 Å². The molecule has 2 fully saturated rings. The van der Waals surface area contributed by atoms with Crippen LogP contribution in [-0.2, 0) is 11.3 Å². The van der Waals surface area contributed by atoms with Crippen molar-refractivity contribution in [1.82, 2.24) is 9.55 Å². The summed E-state index contributed by atoms with van der Waals surface area (Å²) in [6.45, 7) is 0.694. The summed E-state index contributed by atoms with van der Waals surface area (Å²) in [5, 5.41) is 3.00. The van der Waals surface area contributed by atoms with Crippen molar-refractivity contribution < 1.29 is 4.79 Å². The molecule has 4 unspecified atom stereocenters. The van der Waals surface area contributed by atoms with Crippen molar-refractivity contribution in [2.24, 2.45) is 23.5 Å². The number of nitrogens with one attached hydrogen (secondary N) is 1. The van der Waals surface area contributed by atoms with Crippen LogP contribution in [-0.4, -0.2) is 21.5 Å². The summed E-state index contributed by atoms with van der Waals surface area (Å²) >= 11 is 0. The number of nitrogens with zero attached hydrogens (tertiary/aromatic N) is 2. The SMILES string of the molecule is Cl.NC1C2CCC(C2)C1C(=O)Nc1nccn1Cc1ccccc1. The summed E-state index contributed by atoms with van der Waals surface area (Å²) in [5.74, 6) is 1.56. The normalized spacial score (nSPS) is 27.7. The molecule has 0 spiro atoms. The Bertz CT molecular complexity index is 700. The Labute approximate surface area is 148 Å². The first-order chi connectivity index (χ1) is 11.2. The van der Waals surface area contributed by atoms with Crippen molar-refractivity contribution in [2.45, 2.75) is 31.8 Å². The van der Waals surface area contributed by atoms with Gasteiger partial charge in [-0.25, -0.2) is 4.98 Å². The minimum atomic E-state index is -0.0596. The summed E-state index contributed by atoms with van der Waals surface area (Å²) in [4.78, 5) is 17.0. The standard InChI is InChI=1S/C18H22N4O.ClH/c19-16-14-7-6-13(10-14)15(16)17(23)21-18-20-8-9-22(18)11-12-4-2-1-3-5-12;/h1-5,8-9,13-16H,6-7,10-11,19H2,(H,20,21,23);1H. The van der Waals surface area contributed by atoms with E-state index in [2.05, 4.69) is 22.4 Å². The van der Waals surface area contributed by atoms with Gasteiger partial charge in [0, 0.05) is 18.4 Å². The van der Waals surface area contributed by atoms with Crippen LogP contribution in [0.3, 0.4) is 0 Å². The molecule has 2 aliphatic carbocycles. The van der Waals surface area contributed by atoms with Crippen LogP contribution in [0.2, 0.25) is 0 Å². The zero-order valence-electron chi connectivity index (χ0n) is 13.5. The molecule has 128 valence electrons. The third kappa shape index (κ3) is 3.06. The summed E-state index contributed by atoms with van der Waals surface area (Å²) in [5.41, 5.74) is 7.45. The summed E-state index contributed by atoms with van der Waals surface area (Å²) in [6.07, 6.45) is 7.04. The number of hydrogen-bond donors (Lipinski definition) is 2. The zero-order chi connectivity index (χ0) is 15.8. The number of fused-ring (bicyclic) bond motifs is 2. The molecule has 1 amide bonds. The Morgan fingerprint density at radius 3 is 2.71 bits per heavy atom. The molecule has 0 saturated heterocycles. The molecule has 0 radical (unpaired) electrons. The smallest absolute Gasteiger partial charge is 0.231 e. The van der Waals surface area contributed by atoms with Gasteiger partial charge in [-0.15, -0.1) is 12.4 Å². The molecular formula is C18H23ClN4O. The number of rotatable bonds is 4. The third-order valence-corrected chi connectivity index (χ3v) is 5.43. The number of carbonyl (C=O) groups excluding carboxylic acids is 1. The maximum Gasteiger partial charge on any atom is 0.231 e. The van der Waals surface area contributed by atoms with E-state index in [1.807, 2.05) is 29.0 Å². The van der Waals surface area contributed by atoms with E-state index in [0.717, 1.165) is 12.8 Å². The van der Waals surface area contributed by atoms with Crippen LogP contribution in [0, 0.1) is 17.8 Å². The number of aromatic nitrogens is 2. The number of imidazole rings is 1. The number of benzene rings is 1. The maximum absolute atomic E-state index is 12.7. The fourth-order valence-electron chi connectivity index (χ4n) is 4.26. The van der Waals surface area contributed by atoms with Gasteiger partial charge < -0.3 is 10.3 Å². The molecule has 2 saturated carbocycles. The number of hydrogen-bond acceptors (Lipinski definition) is 3. The maximum atomic E-state index is 12.7. The summed E-state index contributed by atoms with van der Waals surface area (Å²) in [6, 6.07) is 10.2. The van der Waals surface area contributed by atoms with E-state index in [4.69, 9.17) is 5.73 Å². The first kappa shape index (κ1) is 17.0. The van der Waals surface area contributed by atoms with Gasteiger partial charge in [0.25, 0.3) is 0 Å². The number of halogens is 1. The molecular weight excluding hydrogens is 324 g/mol. The second-order valence-corrected chi connectivity index (χ2v) is 6.79. The number of nitrogens with two attached hydrogens (primary N) is 1. The second kappa shape index (κ2) is 6.95. The summed E-state index contributed by atoms with van der Waals surface area (Å²) in [7, 11) is 0. The van der Waals surface area contributed by atoms with Gasteiger partial charge in [-0.3, -0.25) is 10.1 Å². The average molecular weight is 347 g/mol. The van der Waals surface area contributed by atoms with Crippen LogP contribution >= 0.6 is 12.4 Å². The highest BCUT2D eigenvalue weighted by Crippen LogP contribution is 2.47. The molecule has 2 aliphatic rings. The molecule has 4 atom stereocenters. The van der Waals surface area contributed by atoms with E-state index in [0.29, 0.717) is 24.3 Å². The van der Waals surface area contributed by atoms with Crippen LogP contribution in [0.1, 0.15) is 24.8 Å². The molecule has 1 heterocycles. The number of anilines is 1. The van der Waals surface area contributed by atoms with Gasteiger partial charge in [0.2, 0.25) is 11.9 Å². The Balaban J connectivity index is 0.00000169. The minimum absolute atomic E-state index is 0. The molecule has 6 heteroatoms. The lowest BCUT2D eigenvalue weighted by Gasteiger charge is -2.26. The molecule has 4 rings (SSSR count). The van der Waals surface area contributed by atoms with Crippen molar-refractivity contribution in [3.63, 3.8) is 0 Å². The highest BCUT2D eigenvalue weighted by molar-refractivity contribution is 5.92.